The van der Waals surface area contributed by atoms with E-state index in [1.54, 1.807) is 0 Å². The molecule has 3 nitrogen and oxygen atoms in total. The lowest BCUT2D eigenvalue weighted by Crippen LogP contribution is -2.67. The van der Waals surface area contributed by atoms with E-state index >= 15 is 0 Å². The summed E-state index contributed by atoms with van der Waals surface area (Å²) < 4.78 is 6.25. The molecule has 2 N–H and O–H groups in total. The van der Waals surface area contributed by atoms with E-state index in [0.29, 0.717) is 29.8 Å². The van der Waals surface area contributed by atoms with Crippen LogP contribution in [0, 0.1) is 51.2 Å². The molecule has 34 heavy (non-hydrogen) atoms. The van der Waals surface area contributed by atoms with Gasteiger partial charge in [0.15, 0.2) is 0 Å². The van der Waals surface area contributed by atoms with Gasteiger partial charge in [-0.25, -0.2) is 0 Å². The summed E-state index contributed by atoms with van der Waals surface area (Å²) >= 11 is 0. The van der Waals surface area contributed by atoms with Crippen LogP contribution in [-0.2, 0) is 4.74 Å². The van der Waals surface area contributed by atoms with Crippen LogP contribution in [0.5, 0.6) is 0 Å². The number of hydrogen-bond acceptors (Lipinski definition) is 3. The minimum absolute atomic E-state index is 0.0822. The molecule has 11 unspecified atom stereocenters. The number of methoxy groups -OCH3 is 1. The van der Waals surface area contributed by atoms with Gasteiger partial charge in [-0.2, -0.15) is 0 Å². The second-order valence-electron chi connectivity index (χ2n) is 14.6. The molecule has 0 heterocycles. The average molecular weight is 475 g/mol. The number of hydrogen-bond donors (Lipinski definition) is 2. The van der Waals surface area contributed by atoms with Crippen molar-refractivity contribution in [1.29, 1.82) is 0 Å². The Morgan fingerprint density at radius 3 is 2.29 bits per heavy atom. The van der Waals surface area contributed by atoms with Gasteiger partial charge in [0, 0.05) is 7.11 Å². The van der Waals surface area contributed by atoms with Crippen LogP contribution in [0.2, 0.25) is 0 Å². The van der Waals surface area contributed by atoms with E-state index in [4.69, 9.17) is 4.74 Å². The van der Waals surface area contributed by atoms with E-state index in [-0.39, 0.29) is 39.8 Å². The summed E-state index contributed by atoms with van der Waals surface area (Å²) in [6.45, 7) is 18.9. The molecule has 196 valence electrons. The quantitative estimate of drug-likeness (QED) is 0.421. The Morgan fingerprint density at radius 2 is 1.68 bits per heavy atom. The lowest BCUT2D eigenvalue weighted by molar-refractivity contribution is -0.257. The van der Waals surface area contributed by atoms with Crippen molar-refractivity contribution in [1.82, 2.24) is 0 Å². The maximum Gasteiger partial charge on any atom is 0.0610 e. The molecule has 0 aromatic heterocycles. The van der Waals surface area contributed by atoms with E-state index in [9.17, 15) is 10.2 Å². The molecule has 0 radical (unpaired) electrons. The van der Waals surface area contributed by atoms with Gasteiger partial charge in [0.25, 0.3) is 0 Å². The van der Waals surface area contributed by atoms with Gasteiger partial charge in [-0.05, 0) is 116 Å². The van der Waals surface area contributed by atoms with Crippen LogP contribution in [0.1, 0.15) is 107 Å². The van der Waals surface area contributed by atoms with Crippen LogP contribution in [0.15, 0.2) is 11.6 Å². The normalized spacial score (nSPS) is 50.6. The van der Waals surface area contributed by atoms with Gasteiger partial charge in [-0.15, -0.1) is 0 Å². The van der Waals surface area contributed by atoms with Crippen molar-refractivity contribution in [3.63, 3.8) is 0 Å². The number of ether oxygens (including phenoxy) is 1. The standard InChI is InChI=1S/C31H54O3/c1-19(2)11-10-12-20(3)26-21-13-14-24-29(6)16-15-25(33)28(4,5)27(29)22(32)17-31(24,8)30(21,7)18-23(26)34-9/h11,20-27,32-33H,10,12-18H2,1-9H3. The fourth-order valence-corrected chi connectivity index (χ4v) is 10.8. The Labute approximate surface area is 210 Å². The van der Waals surface area contributed by atoms with Crippen LogP contribution < -0.4 is 0 Å². The predicted molar refractivity (Wildman–Crippen MR) is 140 cm³/mol. The zero-order valence-electron chi connectivity index (χ0n) is 23.7. The molecule has 0 bridgehead atoms. The molecule has 0 aromatic rings. The van der Waals surface area contributed by atoms with Crippen molar-refractivity contribution < 1.29 is 14.9 Å². The van der Waals surface area contributed by atoms with Gasteiger partial charge in [-0.1, -0.05) is 53.2 Å². The van der Waals surface area contributed by atoms with E-state index in [1.807, 2.05) is 7.11 Å². The van der Waals surface area contributed by atoms with Crippen LogP contribution in [0.4, 0.5) is 0 Å². The first-order valence-electron chi connectivity index (χ1n) is 14.3. The fourth-order valence-electron chi connectivity index (χ4n) is 10.8. The molecule has 3 heteroatoms. The van der Waals surface area contributed by atoms with E-state index in [2.05, 4.69) is 61.5 Å². The minimum Gasteiger partial charge on any atom is -0.393 e. The first-order chi connectivity index (χ1) is 15.7. The lowest BCUT2D eigenvalue weighted by Gasteiger charge is -2.70. The van der Waals surface area contributed by atoms with E-state index < -0.39 is 0 Å². The summed E-state index contributed by atoms with van der Waals surface area (Å²) in [6.07, 6.45) is 10.9. The second-order valence-corrected chi connectivity index (χ2v) is 14.6. The molecule has 0 spiro atoms. The van der Waals surface area contributed by atoms with Crippen molar-refractivity contribution in [2.45, 2.75) is 125 Å². The van der Waals surface area contributed by atoms with Gasteiger partial charge >= 0.3 is 0 Å². The van der Waals surface area contributed by atoms with Crippen molar-refractivity contribution in [2.24, 2.45) is 51.2 Å². The minimum atomic E-state index is -0.345. The number of fused-ring (bicyclic) bond motifs is 5. The Hall–Kier alpha value is -0.380. The monoisotopic (exact) mass is 474 g/mol. The Bertz CT molecular complexity index is 784. The molecular formula is C31H54O3. The second kappa shape index (κ2) is 8.88. The van der Waals surface area contributed by atoms with Crippen LogP contribution in [-0.4, -0.2) is 35.6 Å². The fraction of sp³-hybridized carbons (Fsp3) is 0.935. The maximum absolute atomic E-state index is 11.8. The highest BCUT2D eigenvalue weighted by Crippen LogP contribution is 2.75. The molecule has 0 aromatic carbocycles. The van der Waals surface area contributed by atoms with Crippen molar-refractivity contribution >= 4 is 0 Å². The highest BCUT2D eigenvalue weighted by Gasteiger charge is 2.71. The molecule has 11 atom stereocenters. The molecule has 4 aliphatic carbocycles. The molecule has 0 aliphatic heterocycles. The third kappa shape index (κ3) is 3.69. The molecule has 4 saturated carbocycles. The number of aliphatic hydroxyl groups is 2. The van der Waals surface area contributed by atoms with E-state index in [0.717, 1.165) is 32.1 Å². The summed E-state index contributed by atoms with van der Waals surface area (Å²) in [6, 6.07) is 0. The molecule has 4 rings (SSSR count). The van der Waals surface area contributed by atoms with Crippen LogP contribution >= 0.6 is 0 Å². The molecule has 4 aliphatic rings. The number of allylic oxidation sites excluding steroid dienone is 2. The van der Waals surface area contributed by atoms with Crippen molar-refractivity contribution in [3.05, 3.63) is 11.6 Å². The van der Waals surface area contributed by atoms with Crippen molar-refractivity contribution in [2.75, 3.05) is 7.11 Å². The smallest absolute Gasteiger partial charge is 0.0610 e. The third-order valence-electron chi connectivity index (χ3n) is 12.5. The predicted octanol–water partition coefficient (Wildman–Crippen LogP) is 7.01. The SMILES string of the molecule is COC1CC2(C)C(CCC3C4(C)CCC(O)C(C)(C)C4C(O)CC32C)C1C(C)CCC=C(C)C. The van der Waals surface area contributed by atoms with Gasteiger partial charge < -0.3 is 14.9 Å². The highest BCUT2D eigenvalue weighted by atomic mass is 16.5. The molecular weight excluding hydrogens is 420 g/mol. The molecule has 4 fully saturated rings. The summed E-state index contributed by atoms with van der Waals surface area (Å²) in [4.78, 5) is 0. The average Bonchev–Trinajstić information content (AvgIpc) is 3.04. The Morgan fingerprint density at radius 1 is 1.00 bits per heavy atom. The first kappa shape index (κ1) is 26.7. The summed E-state index contributed by atoms with van der Waals surface area (Å²) in [5.41, 5.74) is 1.54. The molecule has 0 amide bonds. The highest BCUT2D eigenvalue weighted by molar-refractivity contribution is 5.20. The first-order valence-corrected chi connectivity index (χ1v) is 14.3. The zero-order valence-corrected chi connectivity index (χ0v) is 23.7. The topological polar surface area (TPSA) is 49.7 Å². The number of rotatable bonds is 5. The number of aliphatic hydroxyl groups excluding tert-OH is 2. The molecule has 0 saturated heterocycles. The van der Waals surface area contributed by atoms with Crippen molar-refractivity contribution in [3.8, 4) is 0 Å². The zero-order chi connectivity index (χ0) is 25.3. The van der Waals surface area contributed by atoms with Gasteiger partial charge in [0.2, 0.25) is 0 Å². The van der Waals surface area contributed by atoms with Crippen LogP contribution in [0.25, 0.3) is 0 Å². The largest absolute Gasteiger partial charge is 0.393 e. The van der Waals surface area contributed by atoms with Gasteiger partial charge in [0.05, 0.1) is 18.3 Å². The summed E-state index contributed by atoms with van der Waals surface area (Å²) in [5, 5.41) is 22.7. The maximum atomic E-state index is 11.8. The summed E-state index contributed by atoms with van der Waals surface area (Å²) in [5.74, 6) is 2.67. The Balaban J connectivity index is 1.68. The van der Waals surface area contributed by atoms with E-state index in [1.165, 1.54) is 24.8 Å². The van der Waals surface area contributed by atoms with Crippen LogP contribution in [0.3, 0.4) is 0 Å². The third-order valence-corrected chi connectivity index (χ3v) is 12.5. The Kier molecular flexibility index (Phi) is 6.96. The lowest BCUT2D eigenvalue weighted by atomic mass is 9.35. The summed E-state index contributed by atoms with van der Waals surface area (Å²) in [7, 11) is 1.93. The van der Waals surface area contributed by atoms with Gasteiger partial charge in [-0.3, -0.25) is 0 Å². The van der Waals surface area contributed by atoms with Gasteiger partial charge in [0.1, 0.15) is 0 Å².